The molecule has 76 heavy (non-hydrogen) atoms. The Labute approximate surface area is 446 Å². The van der Waals surface area contributed by atoms with Crippen LogP contribution in [-0.2, 0) is 59.1 Å². The largest absolute Gasteiger partial charge is 0.480 e. The van der Waals surface area contributed by atoms with Crippen LogP contribution in [0.5, 0.6) is 0 Å². The van der Waals surface area contributed by atoms with Gasteiger partial charge in [0, 0.05) is 44.5 Å². The van der Waals surface area contributed by atoms with Gasteiger partial charge in [0.2, 0.25) is 17.7 Å². The van der Waals surface area contributed by atoms with Gasteiger partial charge in [-0.1, -0.05) is 63.1 Å². The number of esters is 1. The molecular formula is C54H82N8O14. The van der Waals surface area contributed by atoms with Crippen LogP contribution in [0.25, 0.3) is 0 Å². The van der Waals surface area contributed by atoms with Gasteiger partial charge in [0.1, 0.15) is 24.8 Å². The summed E-state index contributed by atoms with van der Waals surface area (Å²) in [7, 11) is 0. The summed E-state index contributed by atoms with van der Waals surface area (Å²) in [5.74, 6) is -3.54. The molecule has 10 N–H and O–H groups in total. The number of allylic oxidation sites excluding steroid dienone is 2. The molecule has 0 radical (unpaired) electrons. The molecule has 1 spiro atoms. The van der Waals surface area contributed by atoms with Crippen LogP contribution in [-0.4, -0.2) is 133 Å². The molecule has 1 aromatic carbocycles. The minimum atomic E-state index is -1.37. The van der Waals surface area contributed by atoms with Gasteiger partial charge in [-0.2, -0.15) is 0 Å². The lowest BCUT2D eigenvalue weighted by Gasteiger charge is -2.39. The minimum Gasteiger partial charge on any atom is -0.480 e. The zero-order valence-corrected chi connectivity index (χ0v) is 45.1. The number of hydrogen-bond donors (Lipinski definition) is 8. The summed E-state index contributed by atoms with van der Waals surface area (Å²) in [6.45, 7) is 13.3. The first-order valence-electron chi connectivity index (χ1n) is 26.4. The molecule has 3 aliphatic rings. The third-order valence-corrected chi connectivity index (χ3v) is 13.4. The van der Waals surface area contributed by atoms with E-state index in [9.17, 15) is 43.5 Å². The molecule has 422 valence electrons. The number of hydrogen-bond acceptors (Lipinski definition) is 14. The van der Waals surface area contributed by atoms with E-state index in [-0.39, 0.29) is 105 Å². The SMILES string of the molecule is CC(=O)O[C@@H](C)/C=C\C(=O)N[C@@H]1C[C@H](C)[C@H](C/C=C(C)/C=C/[C@@H]2C[C@]3(CO3)C[C@@H](CC(=O)NCNC(=O)OCc3ccc(N(C(=O)[C@@H](NC(=O)CCCCCN)C(C)C)[C@@H](CCCNC(N)=O)C(=O)O)cc3)O2)O[C@@H]1C. The molecule has 1 aromatic rings. The zero-order chi connectivity index (χ0) is 56.0. The maximum absolute atomic E-state index is 14.3. The lowest BCUT2D eigenvalue weighted by Crippen LogP contribution is -2.56. The number of nitrogens with zero attached hydrogens (tertiary/aromatic N) is 1. The fourth-order valence-corrected chi connectivity index (χ4v) is 9.17. The molecule has 0 aliphatic carbocycles. The van der Waals surface area contributed by atoms with Crippen molar-refractivity contribution in [2.24, 2.45) is 23.3 Å². The third-order valence-electron chi connectivity index (χ3n) is 13.4. The van der Waals surface area contributed by atoms with Gasteiger partial charge in [-0.05, 0) is 101 Å². The predicted octanol–water partition coefficient (Wildman–Crippen LogP) is 4.29. The number of amides is 7. The number of rotatable bonds is 29. The number of epoxide rings is 1. The molecule has 10 atom stereocenters. The van der Waals surface area contributed by atoms with Crippen LogP contribution in [0.15, 0.2) is 60.2 Å². The quantitative estimate of drug-likeness (QED) is 0.0139. The predicted molar refractivity (Wildman–Crippen MR) is 282 cm³/mol. The number of carboxylic acid groups (broad SMARTS) is 1. The van der Waals surface area contributed by atoms with Crippen molar-refractivity contribution in [3.8, 4) is 0 Å². The Kier molecular flexibility index (Phi) is 25.4. The average molecular weight is 1070 g/mol. The van der Waals surface area contributed by atoms with E-state index in [1.54, 1.807) is 32.9 Å². The summed E-state index contributed by atoms with van der Waals surface area (Å²) in [6.07, 6.45) is 11.8. The Balaban J connectivity index is 1.25. The maximum Gasteiger partial charge on any atom is 0.408 e. The molecule has 3 heterocycles. The van der Waals surface area contributed by atoms with Crippen molar-refractivity contribution in [3.63, 3.8) is 0 Å². The summed E-state index contributed by atoms with van der Waals surface area (Å²) in [4.78, 5) is 102. The number of carboxylic acids is 1. The van der Waals surface area contributed by atoms with Crippen molar-refractivity contribution in [1.29, 1.82) is 0 Å². The van der Waals surface area contributed by atoms with Crippen LogP contribution in [0.1, 0.15) is 125 Å². The summed E-state index contributed by atoms with van der Waals surface area (Å²) in [5.41, 5.74) is 12.2. The fraction of sp³-hybridized carbons (Fsp3) is 0.630. The lowest BCUT2D eigenvalue weighted by atomic mass is 9.88. The first-order chi connectivity index (χ1) is 36.1. The third kappa shape index (κ3) is 21.7. The second kappa shape index (κ2) is 31.0. The Morgan fingerprint density at radius 2 is 1.64 bits per heavy atom. The number of aliphatic carboxylic acids is 1. The highest BCUT2D eigenvalue weighted by Gasteiger charge is 2.51. The number of unbranched alkanes of at least 4 members (excludes halogenated alkanes) is 2. The molecule has 22 heteroatoms. The molecule has 3 fully saturated rings. The van der Waals surface area contributed by atoms with E-state index >= 15 is 0 Å². The van der Waals surface area contributed by atoms with Crippen molar-refractivity contribution in [2.75, 3.05) is 31.3 Å². The van der Waals surface area contributed by atoms with Gasteiger partial charge in [0.05, 0.1) is 55.8 Å². The highest BCUT2D eigenvalue weighted by Crippen LogP contribution is 2.43. The van der Waals surface area contributed by atoms with Crippen LogP contribution in [0, 0.1) is 11.8 Å². The van der Waals surface area contributed by atoms with Gasteiger partial charge < -0.3 is 66.8 Å². The van der Waals surface area contributed by atoms with E-state index in [1.807, 2.05) is 26.0 Å². The monoisotopic (exact) mass is 1070 g/mol. The second-order valence-corrected chi connectivity index (χ2v) is 20.4. The van der Waals surface area contributed by atoms with Crippen molar-refractivity contribution in [1.82, 2.24) is 26.6 Å². The molecule has 4 rings (SSSR count). The fourth-order valence-electron chi connectivity index (χ4n) is 9.17. The van der Waals surface area contributed by atoms with Crippen molar-refractivity contribution in [2.45, 2.75) is 180 Å². The number of carbonyl (C=O) groups is 8. The molecule has 3 saturated heterocycles. The van der Waals surface area contributed by atoms with E-state index < -0.39 is 60.2 Å². The van der Waals surface area contributed by atoms with Gasteiger partial charge in [-0.25, -0.2) is 14.4 Å². The molecular weight excluding hydrogens is 985 g/mol. The van der Waals surface area contributed by atoms with Gasteiger partial charge in [0.25, 0.3) is 5.91 Å². The normalized spacial score (nSPS) is 23.5. The summed E-state index contributed by atoms with van der Waals surface area (Å²) in [6, 6.07) is 2.83. The van der Waals surface area contributed by atoms with E-state index in [0.29, 0.717) is 44.4 Å². The molecule has 22 nitrogen and oxygen atoms in total. The first kappa shape index (κ1) is 62.2. The number of ether oxygens (including phenoxy) is 5. The maximum atomic E-state index is 14.3. The number of nitrogens with one attached hydrogen (secondary N) is 5. The van der Waals surface area contributed by atoms with E-state index in [1.165, 1.54) is 31.2 Å². The van der Waals surface area contributed by atoms with Crippen LogP contribution in [0.2, 0.25) is 0 Å². The van der Waals surface area contributed by atoms with Crippen molar-refractivity contribution in [3.05, 3.63) is 65.8 Å². The highest BCUT2D eigenvalue weighted by molar-refractivity contribution is 6.03. The molecule has 0 saturated carbocycles. The van der Waals surface area contributed by atoms with Crippen LogP contribution in [0.4, 0.5) is 15.3 Å². The van der Waals surface area contributed by atoms with Gasteiger partial charge in [-0.15, -0.1) is 0 Å². The average Bonchev–Trinajstić information content (AvgIpc) is 4.10. The highest BCUT2D eigenvalue weighted by atomic mass is 16.6. The zero-order valence-electron chi connectivity index (χ0n) is 45.1. The number of primary amides is 1. The topological polar surface area (TPSA) is 322 Å². The van der Waals surface area contributed by atoms with Crippen molar-refractivity contribution < 1.29 is 67.1 Å². The standard InChI is InChI=1S/C54H82N8O14/c1-33(2)49(61-46(64)13-9-8-10-24-55)50(67)62(44(51(68)69)12-11-25-57-52(56)70)40-19-17-39(18-20-40)30-72-53(71)59-32-58-48(66)27-42-29-54(31-73-54)28-41(76-42)21-14-34(3)15-22-45-35(4)26-43(37(6)75-45)60-47(65)23-16-36(5)74-38(7)63/h14-21,23,33,35-37,41-45,49H,8-13,22,24-32,55H2,1-7H3,(H,58,66)(H,59,71)(H,60,65)(H,61,64)(H,68,69)(H3,56,57,70)/b21-14+,23-16-,34-15+/t35-,36-,37+,41+,42+,43+,44-,45-,49-,54+/m0/s1. The Bertz CT molecular complexity index is 2220. The summed E-state index contributed by atoms with van der Waals surface area (Å²) < 4.78 is 28.9. The Hall–Kier alpha value is -6.36. The minimum absolute atomic E-state index is 0.0398. The van der Waals surface area contributed by atoms with Crippen LogP contribution >= 0.6 is 0 Å². The van der Waals surface area contributed by atoms with Gasteiger partial charge in [-0.3, -0.25) is 28.9 Å². The summed E-state index contributed by atoms with van der Waals surface area (Å²) >= 11 is 0. The summed E-state index contributed by atoms with van der Waals surface area (Å²) in [5, 5.41) is 23.8. The van der Waals surface area contributed by atoms with Crippen molar-refractivity contribution >= 4 is 53.4 Å². The number of urea groups is 1. The van der Waals surface area contributed by atoms with E-state index in [4.69, 9.17) is 35.2 Å². The smallest absolute Gasteiger partial charge is 0.408 e. The number of anilines is 1. The number of benzene rings is 1. The van der Waals surface area contributed by atoms with Crippen LogP contribution < -0.4 is 43.0 Å². The molecule has 7 amide bonds. The lowest BCUT2D eigenvalue weighted by molar-refractivity contribution is -0.143. The molecule has 0 bridgehead atoms. The van der Waals surface area contributed by atoms with Gasteiger partial charge in [0.15, 0.2) is 0 Å². The van der Waals surface area contributed by atoms with E-state index in [0.717, 1.165) is 29.7 Å². The first-order valence-corrected chi connectivity index (χ1v) is 26.4. The number of carbonyl (C=O) groups excluding carboxylic acids is 7. The number of alkyl carbamates (subject to hydrolysis) is 1. The van der Waals surface area contributed by atoms with Crippen LogP contribution in [0.3, 0.4) is 0 Å². The molecule has 0 aromatic heterocycles. The Morgan fingerprint density at radius 1 is 0.921 bits per heavy atom. The van der Waals surface area contributed by atoms with Gasteiger partial charge >= 0.3 is 24.1 Å². The van der Waals surface area contributed by atoms with E-state index in [2.05, 4.69) is 39.6 Å². The molecule has 3 aliphatic heterocycles. The Morgan fingerprint density at radius 3 is 2.29 bits per heavy atom. The molecule has 0 unspecified atom stereocenters. The number of nitrogens with two attached hydrogens (primary N) is 2. The second-order valence-electron chi connectivity index (χ2n) is 20.4.